The van der Waals surface area contributed by atoms with Crippen LogP contribution in [0.15, 0.2) is 0 Å². The van der Waals surface area contributed by atoms with Crippen LogP contribution in [0.4, 0.5) is 0 Å². The molecule has 1 N–H and O–H groups in total. The van der Waals surface area contributed by atoms with Gasteiger partial charge in [0.1, 0.15) is 0 Å². The van der Waals surface area contributed by atoms with Crippen molar-refractivity contribution in [2.24, 2.45) is 0 Å². The Hall–Kier alpha value is 2.49. The minimum absolute atomic E-state index is 0. The normalized spacial score (nSPS) is 14.3. The van der Waals surface area contributed by atoms with Crippen LogP contribution in [-0.4, -0.2) is 60.4 Å². The van der Waals surface area contributed by atoms with E-state index in [1.807, 2.05) is 0 Å². The van der Waals surface area contributed by atoms with E-state index in [1.165, 1.54) is 32.1 Å². The second-order valence-corrected chi connectivity index (χ2v) is 8.61. The summed E-state index contributed by atoms with van der Waals surface area (Å²) in [5.41, 5.74) is -2.70. The molecule has 0 saturated heterocycles. The van der Waals surface area contributed by atoms with Crippen LogP contribution in [0.1, 0.15) is 51.9 Å². The maximum absolute atomic E-state index is 9.06. The van der Waals surface area contributed by atoms with E-state index in [4.69, 9.17) is 9.42 Å². The third-order valence-corrected chi connectivity index (χ3v) is 3.19. The SMILES string of the molecule is CCCCCCCCCOP(O)(=S)S.[BaH2]. The Kier molecular flexibility index (Phi) is 17.1. The molecule has 0 heterocycles. The molecule has 1 atom stereocenters. The van der Waals surface area contributed by atoms with Crippen molar-refractivity contribution in [3.63, 3.8) is 0 Å². The summed E-state index contributed by atoms with van der Waals surface area (Å²) in [6.45, 7) is 2.76. The van der Waals surface area contributed by atoms with Crippen LogP contribution in [0, 0.1) is 0 Å². The molecule has 0 saturated carbocycles. The van der Waals surface area contributed by atoms with Gasteiger partial charge in [0.2, 0.25) is 5.69 Å². The van der Waals surface area contributed by atoms with Gasteiger partial charge < -0.3 is 9.42 Å². The zero-order chi connectivity index (χ0) is 10.9. The second kappa shape index (κ2) is 12.9. The molecule has 0 rings (SSSR count). The molecule has 0 radical (unpaired) electrons. The van der Waals surface area contributed by atoms with Crippen molar-refractivity contribution in [2.75, 3.05) is 6.61 Å². The molecular formula is C9H23BaO2PS2. The van der Waals surface area contributed by atoms with Crippen LogP contribution in [-0.2, 0) is 16.3 Å². The molecule has 0 spiro atoms. The molecule has 0 aliphatic carbocycles. The fourth-order valence-corrected chi connectivity index (χ4v) is 2.08. The van der Waals surface area contributed by atoms with Crippen molar-refractivity contribution in [1.82, 2.24) is 0 Å². The predicted molar refractivity (Wildman–Crippen MR) is 78.0 cm³/mol. The summed E-state index contributed by atoms with van der Waals surface area (Å²) >= 11 is 8.41. The van der Waals surface area contributed by atoms with Crippen LogP contribution < -0.4 is 0 Å². The van der Waals surface area contributed by atoms with Crippen molar-refractivity contribution >= 4 is 78.6 Å². The van der Waals surface area contributed by atoms with E-state index in [0.717, 1.165) is 12.8 Å². The Morgan fingerprint density at radius 3 is 2.07 bits per heavy atom. The summed E-state index contributed by atoms with van der Waals surface area (Å²) in [6, 6.07) is 0. The molecule has 0 aliphatic heterocycles. The topological polar surface area (TPSA) is 29.5 Å². The zero-order valence-corrected chi connectivity index (χ0v) is 11.4. The van der Waals surface area contributed by atoms with Gasteiger partial charge in [0.15, 0.2) is 0 Å². The second-order valence-electron chi connectivity index (χ2n) is 3.45. The number of unbranched alkanes of at least 4 members (excludes halogenated alkanes) is 6. The third-order valence-electron chi connectivity index (χ3n) is 2.01. The van der Waals surface area contributed by atoms with Gasteiger partial charge >= 0.3 is 48.9 Å². The summed E-state index contributed by atoms with van der Waals surface area (Å²) in [6.07, 6.45) is 8.66. The van der Waals surface area contributed by atoms with Crippen molar-refractivity contribution in [1.29, 1.82) is 0 Å². The standard InChI is InChI=1S/C9H21O2PS2.Ba.2H/c1-2-3-4-5-6-7-8-9-11-12(10,13)14;;;/h2-9H2,1H3,(H2,10,13,14);;;. The first-order valence-electron chi connectivity index (χ1n) is 5.26. The quantitative estimate of drug-likeness (QED) is 0.272. The van der Waals surface area contributed by atoms with E-state index < -0.39 is 5.69 Å². The van der Waals surface area contributed by atoms with Crippen LogP contribution in [0.5, 0.6) is 0 Å². The summed E-state index contributed by atoms with van der Waals surface area (Å²) in [5.74, 6) is 0. The average molecular weight is 396 g/mol. The molecule has 0 aromatic carbocycles. The van der Waals surface area contributed by atoms with E-state index in [2.05, 4.69) is 31.0 Å². The first kappa shape index (κ1) is 19.8. The van der Waals surface area contributed by atoms with Gasteiger partial charge in [0.05, 0.1) is 6.61 Å². The van der Waals surface area contributed by atoms with Crippen LogP contribution in [0.2, 0.25) is 0 Å². The van der Waals surface area contributed by atoms with Crippen molar-refractivity contribution in [3.8, 4) is 0 Å². The number of hydrogen-bond donors (Lipinski definition) is 2. The van der Waals surface area contributed by atoms with Gasteiger partial charge in [-0.3, -0.25) is 0 Å². The molecule has 2 nitrogen and oxygen atoms in total. The first-order chi connectivity index (χ1) is 6.56. The van der Waals surface area contributed by atoms with Crippen LogP contribution in [0.3, 0.4) is 0 Å². The van der Waals surface area contributed by atoms with Gasteiger partial charge in [-0.05, 0) is 18.2 Å². The fraction of sp³-hybridized carbons (Fsp3) is 1.00. The van der Waals surface area contributed by atoms with E-state index >= 15 is 0 Å². The Labute approximate surface area is 144 Å². The molecule has 0 aromatic rings. The molecule has 6 heteroatoms. The van der Waals surface area contributed by atoms with Crippen molar-refractivity contribution in [2.45, 2.75) is 51.9 Å². The molecule has 0 fully saturated rings. The van der Waals surface area contributed by atoms with E-state index in [9.17, 15) is 0 Å². The van der Waals surface area contributed by atoms with Gasteiger partial charge in [0.25, 0.3) is 0 Å². The molecule has 90 valence electrons. The molecule has 0 amide bonds. The predicted octanol–water partition coefficient (Wildman–Crippen LogP) is 2.98. The molecule has 0 aromatic heterocycles. The fourth-order valence-electron chi connectivity index (χ4n) is 1.24. The van der Waals surface area contributed by atoms with E-state index in [-0.39, 0.29) is 48.9 Å². The van der Waals surface area contributed by atoms with Crippen molar-refractivity contribution < 1.29 is 9.42 Å². The Morgan fingerprint density at radius 2 is 1.60 bits per heavy atom. The minimum atomic E-state index is -2.70. The summed E-state index contributed by atoms with van der Waals surface area (Å²) in [4.78, 5) is 9.06. The number of rotatable bonds is 9. The van der Waals surface area contributed by atoms with Gasteiger partial charge in [-0.1, -0.05) is 57.7 Å². The summed E-state index contributed by atoms with van der Waals surface area (Å²) in [5, 5.41) is 0. The summed E-state index contributed by atoms with van der Waals surface area (Å²) in [7, 11) is 0. The zero-order valence-electron chi connectivity index (χ0n) is 8.81. The molecular weight excluding hydrogens is 373 g/mol. The van der Waals surface area contributed by atoms with Crippen molar-refractivity contribution in [3.05, 3.63) is 0 Å². The number of hydrogen-bond acceptors (Lipinski definition) is 2. The Morgan fingerprint density at radius 1 is 1.13 bits per heavy atom. The Bertz CT molecular complexity index is 175. The molecule has 0 aliphatic rings. The van der Waals surface area contributed by atoms with Gasteiger partial charge in [-0.15, -0.1) is 0 Å². The maximum atomic E-state index is 9.06. The molecule has 0 bridgehead atoms. The summed E-state index contributed by atoms with van der Waals surface area (Å²) < 4.78 is 5.00. The first-order valence-corrected chi connectivity index (χ1v) is 9.09. The van der Waals surface area contributed by atoms with E-state index in [0.29, 0.717) is 6.61 Å². The van der Waals surface area contributed by atoms with Gasteiger partial charge in [-0.25, -0.2) is 0 Å². The molecule has 15 heavy (non-hydrogen) atoms. The van der Waals surface area contributed by atoms with Gasteiger partial charge in [-0.2, -0.15) is 0 Å². The third kappa shape index (κ3) is 19.0. The number of thiol groups is 1. The average Bonchev–Trinajstić information content (AvgIpc) is 2.08. The van der Waals surface area contributed by atoms with E-state index in [1.54, 1.807) is 0 Å². The monoisotopic (exact) mass is 396 g/mol. The van der Waals surface area contributed by atoms with Gasteiger partial charge in [0, 0.05) is 0 Å². The van der Waals surface area contributed by atoms with Crippen LogP contribution >= 0.6 is 17.9 Å². The van der Waals surface area contributed by atoms with Crippen LogP contribution in [0.25, 0.3) is 0 Å². The Balaban J connectivity index is 0. The molecule has 1 unspecified atom stereocenters.